The molecule has 120 valence electrons. The standard InChI is InChI=1S/C16H24N4OS/c1-12-6-17-16(21-12)10-20-5-4-14(8-20)7-19(3)9-15-13(2)18-11-22-15/h6,11,14H,4-5,7-10H2,1-3H3/t14-/m0/s1. The molecule has 2 aromatic rings. The average Bonchev–Trinajstić information content (AvgIpc) is 3.16. The summed E-state index contributed by atoms with van der Waals surface area (Å²) >= 11 is 1.76. The summed E-state index contributed by atoms with van der Waals surface area (Å²) in [6.45, 7) is 9.29. The molecule has 1 aliphatic rings. The van der Waals surface area contributed by atoms with Gasteiger partial charge in [0.15, 0.2) is 0 Å². The first-order chi connectivity index (χ1) is 10.6. The summed E-state index contributed by atoms with van der Waals surface area (Å²) in [6.07, 6.45) is 3.06. The minimum Gasteiger partial charge on any atom is -0.445 e. The number of hydrogen-bond donors (Lipinski definition) is 0. The Hall–Kier alpha value is -1.24. The first-order valence-corrected chi connectivity index (χ1v) is 8.69. The normalized spacial score (nSPS) is 19.4. The molecule has 0 N–H and O–H groups in total. The van der Waals surface area contributed by atoms with Crippen LogP contribution in [0, 0.1) is 19.8 Å². The van der Waals surface area contributed by atoms with Crippen molar-refractivity contribution >= 4 is 11.3 Å². The van der Waals surface area contributed by atoms with Crippen LogP contribution >= 0.6 is 11.3 Å². The molecule has 0 bridgehead atoms. The molecule has 0 aliphatic carbocycles. The maximum absolute atomic E-state index is 5.58. The monoisotopic (exact) mass is 320 g/mol. The Labute approximate surface area is 136 Å². The highest BCUT2D eigenvalue weighted by Gasteiger charge is 2.24. The first kappa shape index (κ1) is 15.6. The van der Waals surface area contributed by atoms with Gasteiger partial charge in [-0.05, 0) is 39.8 Å². The van der Waals surface area contributed by atoms with Gasteiger partial charge in [0.05, 0.1) is 23.9 Å². The minimum absolute atomic E-state index is 0.731. The molecule has 0 spiro atoms. The topological polar surface area (TPSA) is 45.4 Å². The number of likely N-dealkylation sites (tertiary alicyclic amines) is 1. The highest BCUT2D eigenvalue weighted by atomic mass is 32.1. The van der Waals surface area contributed by atoms with Crippen molar-refractivity contribution < 1.29 is 4.42 Å². The van der Waals surface area contributed by atoms with Gasteiger partial charge >= 0.3 is 0 Å². The second kappa shape index (κ2) is 6.89. The highest BCUT2D eigenvalue weighted by molar-refractivity contribution is 7.09. The van der Waals surface area contributed by atoms with Gasteiger partial charge in [-0.15, -0.1) is 11.3 Å². The predicted molar refractivity (Wildman–Crippen MR) is 87.8 cm³/mol. The molecule has 3 heterocycles. The Morgan fingerprint density at radius 2 is 2.27 bits per heavy atom. The lowest BCUT2D eigenvalue weighted by Gasteiger charge is -2.21. The predicted octanol–water partition coefficient (Wildman–Crippen LogP) is 2.70. The molecule has 1 fully saturated rings. The van der Waals surface area contributed by atoms with Gasteiger partial charge in [0, 0.05) is 24.5 Å². The zero-order valence-corrected chi connectivity index (χ0v) is 14.4. The van der Waals surface area contributed by atoms with E-state index in [-0.39, 0.29) is 0 Å². The highest BCUT2D eigenvalue weighted by Crippen LogP contribution is 2.21. The second-order valence-corrected chi connectivity index (χ2v) is 7.25. The van der Waals surface area contributed by atoms with E-state index in [1.165, 1.54) is 17.0 Å². The van der Waals surface area contributed by atoms with E-state index in [0.29, 0.717) is 0 Å². The summed E-state index contributed by atoms with van der Waals surface area (Å²) in [5.41, 5.74) is 3.11. The lowest BCUT2D eigenvalue weighted by atomic mass is 10.1. The Kier molecular flexibility index (Phi) is 4.90. The van der Waals surface area contributed by atoms with E-state index in [1.807, 2.05) is 12.4 Å². The molecule has 1 aliphatic heterocycles. The van der Waals surface area contributed by atoms with Gasteiger partial charge in [-0.1, -0.05) is 0 Å². The first-order valence-electron chi connectivity index (χ1n) is 7.81. The van der Waals surface area contributed by atoms with E-state index in [0.717, 1.165) is 50.3 Å². The van der Waals surface area contributed by atoms with E-state index in [4.69, 9.17) is 4.42 Å². The van der Waals surface area contributed by atoms with Crippen LogP contribution in [0.3, 0.4) is 0 Å². The zero-order chi connectivity index (χ0) is 15.5. The van der Waals surface area contributed by atoms with Gasteiger partial charge in [0.1, 0.15) is 5.76 Å². The minimum atomic E-state index is 0.731. The average molecular weight is 320 g/mol. The lowest BCUT2D eigenvalue weighted by Crippen LogP contribution is -2.28. The van der Waals surface area contributed by atoms with Gasteiger partial charge in [-0.25, -0.2) is 9.97 Å². The second-order valence-electron chi connectivity index (χ2n) is 6.31. The van der Waals surface area contributed by atoms with Crippen molar-refractivity contribution in [3.05, 3.63) is 33.9 Å². The number of aromatic nitrogens is 2. The molecule has 1 saturated heterocycles. The number of nitrogens with zero attached hydrogens (tertiary/aromatic N) is 4. The molecule has 0 saturated carbocycles. The SMILES string of the molecule is Cc1cnc(CN2CC[C@@H](CN(C)Cc3scnc3C)C2)o1. The summed E-state index contributed by atoms with van der Waals surface area (Å²) in [5.74, 6) is 2.46. The largest absolute Gasteiger partial charge is 0.445 e. The van der Waals surface area contributed by atoms with Gasteiger partial charge in [0.25, 0.3) is 0 Å². The van der Waals surface area contributed by atoms with E-state index < -0.39 is 0 Å². The van der Waals surface area contributed by atoms with E-state index in [2.05, 4.69) is 33.7 Å². The Balaban J connectivity index is 1.45. The summed E-state index contributed by atoms with van der Waals surface area (Å²) in [4.78, 5) is 14.9. The van der Waals surface area contributed by atoms with E-state index in [1.54, 1.807) is 17.5 Å². The van der Waals surface area contributed by atoms with Crippen LogP contribution in [0.25, 0.3) is 0 Å². The van der Waals surface area contributed by atoms with Gasteiger partial charge < -0.3 is 9.32 Å². The van der Waals surface area contributed by atoms with Crippen molar-refractivity contribution in [2.75, 3.05) is 26.7 Å². The Bertz CT molecular complexity index is 609. The molecular weight excluding hydrogens is 296 g/mol. The zero-order valence-electron chi connectivity index (χ0n) is 13.6. The van der Waals surface area contributed by atoms with Crippen LogP contribution < -0.4 is 0 Å². The molecule has 2 aromatic heterocycles. The number of hydrogen-bond acceptors (Lipinski definition) is 6. The third kappa shape index (κ3) is 3.94. The van der Waals surface area contributed by atoms with Gasteiger partial charge in [-0.3, -0.25) is 4.90 Å². The van der Waals surface area contributed by atoms with Crippen LogP contribution in [0.4, 0.5) is 0 Å². The molecule has 0 amide bonds. The van der Waals surface area contributed by atoms with E-state index >= 15 is 0 Å². The van der Waals surface area contributed by atoms with Crippen molar-refractivity contribution in [3.8, 4) is 0 Å². The lowest BCUT2D eigenvalue weighted by molar-refractivity contribution is 0.244. The molecule has 5 nitrogen and oxygen atoms in total. The van der Waals surface area contributed by atoms with Gasteiger partial charge in [0.2, 0.25) is 5.89 Å². The molecule has 0 aromatic carbocycles. The van der Waals surface area contributed by atoms with Crippen molar-refractivity contribution in [1.29, 1.82) is 0 Å². The van der Waals surface area contributed by atoms with Crippen LogP contribution in [0.2, 0.25) is 0 Å². The molecule has 6 heteroatoms. The number of rotatable bonds is 6. The van der Waals surface area contributed by atoms with Crippen LogP contribution in [0.5, 0.6) is 0 Å². The number of thiazole rings is 1. The fraction of sp³-hybridized carbons (Fsp3) is 0.625. The maximum Gasteiger partial charge on any atom is 0.208 e. The van der Waals surface area contributed by atoms with Crippen molar-refractivity contribution in [2.24, 2.45) is 5.92 Å². The fourth-order valence-electron chi connectivity index (χ4n) is 3.10. The Morgan fingerprint density at radius 1 is 1.41 bits per heavy atom. The summed E-state index contributed by atoms with van der Waals surface area (Å²) in [7, 11) is 2.21. The third-order valence-electron chi connectivity index (χ3n) is 4.23. The van der Waals surface area contributed by atoms with E-state index in [9.17, 15) is 0 Å². The number of oxazole rings is 1. The molecule has 0 radical (unpaired) electrons. The molecular formula is C16H24N4OS. The van der Waals surface area contributed by atoms with Crippen molar-refractivity contribution in [3.63, 3.8) is 0 Å². The molecule has 1 atom stereocenters. The summed E-state index contributed by atoms with van der Waals surface area (Å²) < 4.78 is 5.58. The van der Waals surface area contributed by atoms with Crippen LogP contribution in [0.15, 0.2) is 16.1 Å². The maximum atomic E-state index is 5.58. The number of aryl methyl sites for hydroxylation is 2. The Morgan fingerprint density at radius 3 is 2.95 bits per heavy atom. The smallest absolute Gasteiger partial charge is 0.208 e. The summed E-state index contributed by atoms with van der Waals surface area (Å²) in [5, 5.41) is 0. The molecule has 3 rings (SSSR count). The molecule has 0 unspecified atom stereocenters. The van der Waals surface area contributed by atoms with Crippen LogP contribution in [0.1, 0.15) is 28.6 Å². The van der Waals surface area contributed by atoms with Crippen molar-refractivity contribution in [1.82, 2.24) is 19.8 Å². The molecule has 22 heavy (non-hydrogen) atoms. The van der Waals surface area contributed by atoms with Gasteiger partial charge in [-0.2, -0.15) is 0 Å². The van der Waals surface area contributed by atoms with Crippen LogP contribution in [-0.2, 0) is 13.1 Å². The van der Waals surface area contributed by atoms with Crippen LogP contribution in [-0.4, -0.2) is 46.4 Å². The summed E-state index contributed by atoms with van der Waals surface area (Å²) in [6, 6.07) is 0. The quantitative estimate of drug-likeness (QED) is 0.819. The van der Waals surface area contributed by atoms with Crippen molar-refractivity contribution in [2.45, 2.75) is 33.4 Å². The fourth-order valence-corrected chi connectivity index (χ4v) is 3.96. The third-order valence-corrected chi connectivity index (χ3v) is 5.15.